The van der Waals surface area contributed by atoms with Gasteiger partial charge in [0.25, 0.3) is 5.91 Å². The molecule has 0 aliphatic carbocycles. The molecular weight excluding hydrogens is 441 g/mol. The molecule has 0 bridgehead atoms. The van der Waals surface area contributed by atoms with Gasteiger partial charge in [0.05, 0.1) is 0 Å². The summed E-state index contributed by atoms with van der Waals surface area (Å²) < 4.78 is 1.14. The van der Waals surface area contributed by atoms with Crippen molar-refractivity contribution in [2.45, 2.75) is 12.8 Å². The zero-order valence-electron chi connectivity index (χ0n) is 14.6. The minimum Gasteiger partial charge on any atom is -0.353 e. The van der Waals surface area contributed by atoms with Crippen LogP contribution in [0.15, 0.2) is 36.5 Å². The second-order valence-corrected chi connectivity index (χ2v) is 7.94. The maximum Gasteiger partial charge on any atom is 0.253 e. The summed E-state index contributed by atoms with van der Waals surface area (Å²) in [6, 6.07) is 9.73. The van der Waals surface area contributed by atoms with Gasteiger partial charge in [-0.1, -0.05) is 0 Å². The van der Waals surface area contributed by atoms with E-state index in [0.29, 0.717) is 13.1 Å². The van der Waals surface area contributed by atoms with Crippen LogP contribution in [0.2, 0.25) is 0 Å². The van der Waals surface area contributed by atoms with Gasteiger partial charge in [-0.05, 0) is 65.8 Å². The van der Waals surface area contributed by atoms with E-state index in [4.69, 9.17) is 4.98 Å². The van der Waals surface area contributed by atoms with Crippen LogP contribution in [0.3, 0.4) is 0 Å². The van der Waals surface area contributed by atoms with Crippen LogP contribution in [0.25, 0.3) is 0 Å². The Hall–Kier alpha value is -1.90. The number of carbonyl (C=O) groups is 1. The topological polar surface area (TPSA) is 52.6 Å². The van der Waals surface area contributed by atoms with Gasteiger partial charge in [0.1, 0.15) is 5.82 Å². The molecule has 7 heteroatoms. The van der Waals surface area contributed by atoms with E-state index in [2.05, 4.69) is 37.4 Å². The number of amides is 1. The van der Waals surface area contributed by atoms with E-state index in [9.17, 15) is 4.79 Å². The molecule has 3 heterocycles. The Morgan fingerprint density at radius 3 is 2.27 bits per heavy atom. The fraction of sp³-hybridized carbons (Fsp3) is 0.421. The number of hydrogen-bond donors (Lipinski definition) is 0. The molecule has 1 aromatic carbocycles. The van der Waals surface area contributed by atoms with Crippen LogP contribution in [-0.2, 0) is 0 Å². The lowest BCUT2D eigenvalue weighted by Gasteiger charge is -2.35. The average molecular weight is 463 g/mol. The Labute approximate surface area is 167 Å². The Morgan fingerprint density at radius 1 is 0.885 bits per heavy atom. The number of piperazine rings is 1. The van der Waals surface area contributed by atoms with E-state index in [0.717, 1.165) is 47.1 Å². The van der Waals surface area contributed by atoms with Gasteiger partial charge in [-0.3, -0.25) is 4.79 Å². The van der Waals surface area contributed by atoms with Crippen LogP contribution in [0.1, 0.15) is 23.2 Å². The lowest BCUT2D eigenvalue weighted by molar-refractivity contribution is 0.0746. The largest absolute Gasteiger partial charge is 0.353 e. The maximum absolute atomic E-state index is 12.7. The highest BCUT2D eigenvalue weighted by molar-refractivity contribution is 14.1. The molecule has 2 aliphatic heterocycles. The molecule has 2 aromatic rings. The van der Waals surface area contributed by atoms with Gasteiger partial charge < -0.3 is 14.7 Å². The van der Waals surface area contributed by atoms with Gasteiger partial charge in [0.15, 0.2) is 0 Å². The smallest absolute Gasteiger partial charge is 0.253 e. The molecule has 0 N–H and O–H groups in total. The molecule has 2 fully saturated rings. The van der Waals surface area contributed by atoms with Crippen LogP contribution in [-0.4, -0.2) is 60.0 Å². The molecule has 0 spiro atoms. The minimum absolute atomic E-state index is 0.112. The monoisotopic (exact) mass is 463 g/mol. The van der Waals surface area contributed by atoms with Crippen molar-refractivity contribution in [1.82, 2.24) is 14.9 Å². The summed E-state index contributed by atoms with van der Waals surface area (Å²) in [5, 5.41) is 0. The van der Waals surface area contributed by atoms with Gasteiger partial charge in [-0.25, -0.2) is 4.98 Å². The van der Waals surface area contributed by atoms with Crippen molar-refractivity contribution in [1.29, 1.82) is 0 Å². The zero-order chi connectivity index (χ0) is 17.9. The molecular formula is C19H22IN5O. The first-order valence-corrected chi connectivity index (χ1v) is 10.2. The number of benzene rings is 1. The molecule has 4 rings (SSSR count). The second kappa shape index (κ2) is 7.77. The minimum atomic E-state index is 0.112. The normalized spacial score (nSPS) is 17.7. The number of hydrogen-bond acceptors (Lipinski definition) is 5. The Morgan fingerprint density at radius 2 is 1.58 bits per heavy atom. The van der Waals surface area contributed by atoms with Gasteiger partial charge in [-0.2, -0.15) is 4.98 Å². The summed E-state index contributed by atoms with van der Waals surface area (Å²) in [4.78, 5) is 28.3. The van der Waals surface area contributed by atoms with Gasteiger partial charge >= 0.3 is 0 Å². The molecule has 1 amide bonds. The standard InChI is InChI=1S/C19H22IN5O/c20-16-5-3-15(4-6-16)18(26)24-13-11-23(12-14-24)17-7-8-21-19(22-17)25-9-1-2-10-25/h3-8H,1-2,9-14H2. The van der Waals surface area contributed by atoms with E-state index in [1.54, 1.807) is 0 Å². The molecule has 0 atom stereocenters. The van der Waals surface area contributed by atoms with Crippen LogP contribution in [0.5, 0.6) is 0 Å². The summed E-state index contributed by atoms with van der Waals surface area (Å²) in [5.74, 6) is 1.90. The number of nitrogens with zero attached hydrogens (tertiary/aromatic N) is 5. The number of rotatable bonds is 3. The van der Waals surface area contributed by atoms with Crippen molar-refractivity contribution < 1.29 is 4.79 Å². The molecule has 0 radical (unpaired) electrons. The van der Waals surface area contributed by atoms with E-state index >= 15 is 0 Å². The highest BCUT2D eigenvalue weighted by Crippen LogP contribution is 2.20. The van der Waals surface area contributed by atoms with Crippen LogP contribution in [0, 0.1) is 3.57 Å². The fourth-order valence-corrected chi connectivity index (χ4v) is 3.86. The summed E-state index contributed by atoms with van der Waals surface area (Å²) in [7, 11) is 0. The molecule has 2 saturated heterocycles. The lowest BCUT2D eigenvalue weighted by atomic mass is 10.2. The molecule has 0 saturated carbocycles. The predicted molar refractivity (Wildman–Crippen MR) is 111 cm³/mol. The molecule has 1 aromatic heterocycles. The summed E-state index contributed by atoms with van der Waals surface area (Å²) in [5.41, 5.74) is 0.761. The first kappa shape index (κ1) is 17.5. The van der Waals surface area contributed by atoms with Gasteiger partial charge in [-0.15, -0.1) is 0 Å². The Kier molecular flexibility index (Phi) is 5.23. The third-order valence-corrected chi connectivity index (χ3v) is 5.72. The Bertz CT molecular complexity index is 768. The lowest BCUT2D eigenvalue weighted by Crippen LogP contribution is -2.49. The van der Waals surface area contributed by atoms with Gasteiger partial charge in [0.2, 0.25) is 5.95 Å². The predicted octanol–water partition coefficient (Wildman–Crippen LogP) is 2.64. The summed E-state index contributed by atoms with van der Waals surface area (Å²) in [6.07, 6.45) is 4.28. The second-order valence-electron chi connectivity index (χ2n) is 6.70. The van der Waals surface area contributed by atoms with Crippen molar-refractivity contribution in [2.24, 2.45) is 0 Å². The van der Waals surface area contributed by atoms with Crippen molar-refractivity contribution in [2.75, 3.05) is 49.1 Å². The number of halogens is 1. The summed E-state index contributed by atoms with van der Waals surface area (Å²) in [6.45, 7) is 5.12. The van der Waals surface area contributed by atoms with Crippen molar-refractivity contribution >= 4 is 40.3 Å². The summed E-state index contributed by atoms with van der Waals surface area (Å²) >= 11 is 2.25. The molecule has 26 heavy (non-hydrogen) atoms. The molecule has 0 unspecified atom stereocenters. The van der Waals surface area contributed by atoms with E-state index in [-0.39, 0.29) is 5.91 Å². The Balaban J connectivity index is 1.39. The quantitative estimate of drug-likeness (QED) is 0.656. The van der Waals surface area contributed by atoms with Crippen molar-refractivity contribution in [3.8, 4) is 0 Å². The first-order chi connectivity index (χ1) is 12.7. The van der Waals surface area contributed by atoms with Crippen molar-refractivity contribution in [3.05, 3.63) is 45.7 Å². The highest BCUT2D eigenvalue weighted by atomic mass is 127. The van der Waals surface area contributed by atoms with E-state index in [1.807, 2.05) is 41.4 Å². The zero-order valence-corrected chi connectivity index (χ0v) is 16.8. The van der Waals surface area contributed by atoms with Crippen molar-refractivity contribution in [3.63, 3.8) is 0 Å². The van der Waals surface area contributed by atoms with Gasteiger partial charge in [0, 0.05) is 54.6 Å². The molecule has 2 aliphatic rings. The number of carbonyl (C=O) groups excluding carboxylic acids is 1. The third-order valence-electron chi connectivity index (χ3n) is 5.00. The van der Waals surface area contributed by atoms with Crippen LogP contribution >= 0.6 is 22.6 Å². The SMILES string of the molecule is O=C(c1ccc(I)cc1)N1CCN(c2ccnc(N3CCCC3)n2)CC1. The average Bonchev–Trinajstić information content (AvgIpc) is 3.23. The van der Waals surface area contributed by atoms with Crippen LogP contribution < -0.4 is 9.80 Å². The molecule has 136 valence electrons. The number of aromatic nitrogens is 2. The van der Waals surface area contributed by atoms with E-state index < -0.39 is 0 Å². The van der Waals surface area contributed by atoms with Crippen LogP contribution in [0.4, 0.5) is 11.8 Å². The maximum atomic E-state index is 12.7. The fourth-order valence-electron chi connectivity index (χ4n) is 3.50. The molecule has 6 nitrogen and oxygen atoms in total. The highest BCUT2D eigenvalue weighted by Gasteiger charge is 2.24. The third kappa shape index (κ3) is 3.77. The number of anilines is 2. The first-order valence-electron chi connectivity index (χ1n) is 9.08. The van der Waals surface area contributed by atoms with E-state index in [1.165, 1.54) is 12.8 Å².